The van der Waals surface area contributed by atoms with E-state index in [1.54, 1.807) is 33.1 Å². The number of aromatic nitrogens is 3. The van der Waals surface area contributed by atoms with Crippen molar-refractivity contribution in [3.63, 3.8) is 0 Å². The lowest BCUT2D eigenvalue weighted by molar-refractivity contribution is -0.145. The molecule has 0 spiro atoms. The maximum atomic E-state index is 14.2. The summed E-state index contributed by atoms with van der Waals surface area (Å²) in [5, 5.41) is 23.3. The SMILES string of the molecule is Cc1ncsc1-c1ccc([C@H](C)NC(=O)C2CCCN2C(=O)[C@@H](NC(=O)COC(C)C2CCN(c3ccc(C(=O)N[C@@H](C)Cn4ccc(-c5ccc(C#N)c(Cl)c5)n4)cc3)CC2)C(C)(C)C)cc1. The van der Waals surface area contributed by atoms with Crippen LogP contribution < -0.4 is 20.9 Å². The van der Waals surface area contributed by atoms with Gasteiger partial charge in [-0.2, -0.15) is 10.4 Å². The topological polar surface area (TPSA) is 175 Å². The lowest BCUT2D eigenvalue weighted by atomic mass is 9.85. The van der Waals surface area contributed by atoms with Crippen molar-refractivity contribution in [2.75, 3.05) is 31.1 Å². The number of hydrogen-bond acceptors (Lipinski definition) is 10. The van der Waals surface area contributed by atoms with E-state index in [2.05, 4.69) is 37.0 Å². The molecule has 2 aliphatic heterocycles. The van der Waals surface area contributed by atoms with Crippen LogP contribution in [0.25, 0.3) is 21.7 Å². The first-order valence-corrected chi connectivity index (χ1v) is 24.7. The zero-order valence-electron chi connectivity index (χ0n) is 39.9. The van der Waals surface area contributed by atoms with E-state index in [1.807, 2.05) is 121 Å². The Morgan fingerprint density at radius 3 is 2.26 bits per heavy atom. The number of piperidine rings is 1. The largest absolute Gasteiger partial charge is 0.372 e. The number of carbonyl (C=O) groups is 4. The Morgan fingerprint density at radius 2 is 1.62 bits per heavy atom. The number of nitrogens with zero attached hydrogens (tertiary/aromatic N) is 6. The van der Waals surface area contributed by atoms with E-state index in [0.29, 0.717) is 42.1 Å². The predicted octanol–water partition coefficient (Wildman–Crippen LogP) is 8.35. The average molecular weight is 961 g/mol. The molecule has 0 bridgehead atoms. The van der Waals surface area contributed by atoms with Crippen molar-refractivity contribution >= 4 is 52.3 Å². The summed E-state index contributed by atoms with van der Waals surface area (Å²) in [5.41, 5.74) is 7.80. The minimum atomic E-state index is -0.843. The van der Waals surface area contributed by atoms with Crippen LogP contribution in [0.4, 0.5) is 5.69 Å². The number of halogens is 1. The van der Waals surface area contributed by atoms with Crippen LogP contribution in [-0.4, -0.2) is 93.8 Å². The average Bonchev–Trinajstić information content (AvgIpc) is 4.11. The Kier molecular flexibility index (Phi) is 16.0. The Hall–Kier alpha value is -6.08. The summed E-state index contributed by atoms with van der Waals surface area (Å²) >= 11 is 7.81. The molecule has 14 nitrogen and oxygen atoms in total. The van der Waals surface area contributed by atoms with Crippen LogP contribution in [0.2, 0.25) is 5.02 Å². The van der Waals surface area contributed by atoms with Crippen LogP contribution in [0.15, 0.2) is 84.5 Å². The van der Waals surface area contributed by atoms with Crippen molar-refractivity contribution in [3.8, 4) is 27.8 Å². The molecular formula is C52H62ClN9O5S. The van der Waals surface area contributed by atoms with Crippen LogP contribution in [0, 0.1) is 29.6 Å². The highest BCUT2D eigenvalue weighted by molar-refractivity contribution is 7.13. The molecule has 0 aliphatic carbocycles. The highest BCUT2D eigenvalue weighted by Crippen LogP contribution is 2.31. The number of likely N-dealkylation sites (tertiary alicyclic amines) is 1. The normalized spacial score (nSPS) is 17.2. The molecule has 3 aromatic carbocycles. The second kappa shape index (κ2) is 21.9. The third-order valence-electron chi connectivity index (χ3n) is 13.1. The first-order valence-electron chi connectivity index (χ1n) is 23.4. The Bertz CT molecular complexity index is 2610. The number of anilines is 1. The van der Waals surface area contributed by atoms with E-state index in [9.17, 15) is 19.2 Å². The van der Waals surface area contributed by atoms with Crippen LogP contribution in [-0.2, 0) is 25.7 Å². The van der Waals surface area contributed by atoms with Crippen molar-refractivity contribution in [3.05, 3.63) is 112 Å². The van der Waals surface area contributed by atoms with E-state index in [0.717, 1.165) is 64.6 Å². The van der Waals surface area contributed by atoms with Crippen molar-refractivity contribution in [2.24, 2.45) is 11.3 Å². The van der Waals surface area contributed by atoms with Crippen molar-refractivity contribution < 1.29 is 23.9 Å². The van der Waals surface area contributed by atoms with Crippen LogP contribution >= 0.6 is 22.9 Å². The second-order valence-electron chi connectivity index (χ2n) is 19.2. The highest BCUT2D eigenvalue weighted by Gasteiger charge is 2.42. The Balaban J connectivity index is 0.839. The minimum absolute atomic E-state index is 0.170. The van der Waals surface area contributed by atoms with Crippen LogP contribution in [0.1, 0.15) is 100 Å². The molecule has 5 atom stereocenters. The van der Waals surface area contributed by atoms with Gasteiger partial charge in [-0.05, 0) is 118 Å². The standard InChI is InChI=1S/C52H62ClN9O5S/c1-32(29-61-26-22-44(59-61)40-14-15-41(28-54)43(53)27-40)56-49(64)39-16-18-42(19-17-39)60-24-20-37(21-25-60)35(4)67-30-46(63)58-48(52(5,6)7)51(66)62-23-8-9-45(62)50(65)57-33(2)36-10-12-38(13-11-36)47-34(3)55-31-68-47/h10-19,22,26-27,31-33,35,37,45,48H,8-9,20-21,23-25,29-30H2,1-7H3,(H,56,64)(H,57,65)(H,58,63)/t32-,33-,35?,45?,48+/m0/s1. The fraction of sp³-hybridized carbons (Fsp3) is 0.442. The molecular weight excluding hydrogens is 898 g/mol. The lowest BCUT2D eigenvalue weighted by Gasteiger charge is -2.37. The van der Waals surface area contributed by atoms with Gasteiger partial charge in [-0.3, -0.25) is 23.9 Å². The van der Waals surface area contributed by atoms with E-state index in [4.69, 9.17) is 21.6 Å². The van der Waals surface area contributed by atoms with Gasteiger partial charge in [0.25, 0.3) is 5.91 Å². The number of amides is 4. The third-order valence-corrected chi connectivity index (χ3v) is 14.4. The van der Waals surface area contributed by atoms with Gasteiger partial charge in [0.2, 0.25) is 17.7 Å². The van der Waals surface area contributed by atoms with Crippen molar-refractivity contribution in [2.45, 2.75) is 111 Å². The molecule has 2 fully saturated rings. The minimum Gasteiger partial charge on any atom is -0.372 e. The zero-order chi connectivity index (χ0) is 48.7. The summed E-state index contributed by atoms with van der Waals surface area (Å²) in [7, 11) is 0. The molecule has 2 unspecified atom stereocenters. The summed E-state index contributed by atoms with van der Waals surface area (Å²) in [6.07, 6.45) is 4.66. The van der Waals surface area contributed by atoms with Gasteiger partial charge in [-0.1, -0.05) is 62.7 Å². The van der Waals surface area contributed by atoms with Crippen LogP contribution in [0.3, 0.4) is 0 Å². The molecule has 0 saturated carbocycles. The molecule has 7 rings (SSSR count). The van der Waals surface area contributed by atoms with Gasteiger partial charge in [0, 0.05) is 48.7 Å². The second-order valence-corrected chi connectivity index (χ2v) is 20.4. The number of rotatable bonds is 16. The van der Waals surface area contributed by atoms with Gasteiger partial charge in [-0.25, -0.2) is 4.98 Å². The van der Waals surface area contributed by atoms with E-state index < -0.39 is 17.5 Å². The summed E-state index contributed by atoms with van der Waals surface area (Å²) in [5.74, 6) is -0.767. The Labute approximate surface area is 408 Å². The predicted molar refractivity (Wildman–Crippen MR) is 266 cm³/mol. The number of carbonyl (C=O) groups excluding carboxylic acids is 4. The first-order chi connectivity index (χ1) is 32.5. The van der Waals surface area contributed by atoms with Crippen LogP contribution in [0.5, 0.6) is 0 Å². The number of thiazole rings is 1. The number of nitrogens with one attached hydrogen (secondary N) is 3. The first kappa shape index (κ1) is 49.8. The van der Waals surface area contributed by atoms with Gasteiger partial charge < -0.3 is 30.5 Å². The smallest absolute Gasteiger partial charge is 0.251 e. The summed E-state index contributed by atoms with van der Waals surface area (Å²) in [4.78, 5) is 63.9. The van der Waals surface area contributed by atoms with Gasteiger partial charge in [-0.15, -0.1) is 11.3 Å². The maximum absolute atomic E-state index is 14.2. The summed E-state index contributed by atoms with van der Waals surface area (Å²) in [6, 6.07) is 23.0. The summed E-state index contributed by atoms with van der Waals surface area (Å²) < 4.78 is 7.91. The Morgan fingerprint density at radius 1 is 0.912 bits per heavy atom. The molecule has 2 aliphatic rings. The molecule has 68 heavy (non-hydrogen) atoms. The molecule has 5 aromatic rings. The number of aryl methyl sites for hydroxylation is 1. The molecule has 4 heterocycles. The van der Waals surface area contributed by atoms with Crippen molar-refractivity contribution in [1.82, 2.24) is 35.6 Å². The maximum Gasteiger partial charge on any atom is 0.251 e. The van der Waals surface area contributed by atoms with Gasteiger partial charge in [0.1, 0.15) is 24.8 Å². The third kappa shape index (κ3) is 12.1. The molecule has 4 amide bonds. The monoisotopic (exact) mass is 959 g/mol. The summed E-state index contributed by atoms with van der Waals surface area (Å²) in [6.45, 7) is 15.9. The number of nitriles is 1. The molecule has 3 N–H and O–H groups in total. The number of benzene rings is 3. The number of hydrogen-bond donors (Lipinski definition) is 3. The van der Waals surface area contributed by atoms with Crippen molar-refractivity contribution in [1.29, 1.82) is 5.26 Å². The fourth-order valence-electron chi connectivity index (χ4n) is 9.02. The van der Waals surface area contributed by atoms with Gasteiger partial charge in [0.15, 0.2) is 0 Å². The van der Waals surface area contributed by atoms with E-state index >= 15 is 0 Å². The fourth-order valence-corrected chi connectivity index (χ4v) is 10.1. The molecule has 16 heteroatoms. The zero-order valence-corrected chi connectivity index (χ0v) is 41.5. The van der Waals surface area contributed by atoms with E-state index in [1.165, 1.54) is 0 Å². The molecule has 2 saturated heterocycles. The molecule has 358 valence electrons. The van der Waals surface area contributed by atoms with Gasteiger partial charge >= 0.3 is 0 Å². The van der Waals surface area contributed by atoms with E-state index in [-0.39, 0.29) is 54.3 Å². The molecule has 0 radical (unpaired) electrons. The molecule has 2 aromatic heterocycles. The van der Waals surface area contributed by atoms with Gasteiger partial charge in [0.05, 0.1) is 51.1 Å². The quantitative estimate of drug-likeness (QED) is 0.0879. The number of ether oxygens (including phenoxy) is 1. The highest BCUT2D eigenvalue weighted by atomic mass is 35.5. The lowest BCUT2D eigenvalue weighted by Crippen LogP contribution is -2.58.